The molecule has 0 bridgehead atoms. The molecule has 0 aliphatic carbocycles. The van der Waals surface area contributed by atoms with Gasteiger partial charge in [-0.3, -0.25) is 4.79 Å². The second-order valence-corrected chi connectivity index (χ2v) is 5.43. The van der Waals surface area contributed by atoms with E-state index in [-0.39, 0.29) is 5.91 Å². The highest BCUT2D eigenvalue weighted by atomic mass is 16.5. The molecule has 1 heterocycles. The molecule has 0 spiro atoms. The van der Waals surface area contributed by atoms with E-state index < -0.39 is 0 Å². The Morgan fingerprint density at radius 2 is 1.78 bits per heavy atom. The predicted molar refractivity (Wildman–Crippen MR) is 89.0 cm³/mol. The summed E-state index contributed by atoms with van der Waals surface area (Å²) in [6.07, 6.45) is 0. The van der Waals surface area contributed by atoms with E-state index in [0.29, 0.717) is 12.1 Å². The quantitative estimate of drug-likeness (QED) is 0.795. The Hall–Kier alpha value is -2.88. The third kappa shape index (κ3) is 3.31. The summed E-state index contributed by atoms with van der Waals surface area (Å²) in [5, 5.41) is 6.82. The molecule has 2 aromatic carbocycles. The molecule has 23 heavy (non-hydrogen) atoms. The summed E-state index contributed by atoms with van der Waals surface area (Å²) in [4.78, 5) is 12.4. The summed E-state index contributed by atoms with van der Waals surface area (Å²) in [6, 6.07) is 17.6. The molecule has 0 radical (unpaired) electrons. The van der Waals surface area contributed by atoms with E-state index in [1.807, 2.05) is 68.4 Å². The molecule has 116 valence electrons. The molecule has 4 heteroatoms. The van der Waals surface area contributed by atoms with Crippen molar-refractivity contribution in [2.75, 3.05) is 0 Å². The minimum absolute atomic E-state index is 0.109. The van der Waals surface area contributed by atoms with Gasteiger partial charge < -0.3 is 9.84 Å². The van der Waals surface area contributed by atoms with Crippen LogP contribution in [-0.2, 0) is 6.54 Å². The SMILES string of the molecule is Cc1noc(C)c1CNC(=O)c1cccc(-c2ccccc2)c1. The van der Waals surface area contributed by atoms with E-state index in [0.717, 1.165) is 28.1 Å². The highest BCUT2D eigenvalue weighted by Gasteiger charge is 2.12. The molecule has 0 aliphatic heterocycles. The maximum absolute atomic E-state index is 12.4. The summed E-state index contributed by atoms with van der Waals surface area (Å²) < 4.78 is 5.11. The van der Waals surface area contributed by atoms with Crippen molar-refractivity contribution in [3.05, 3.63) is 77.2 Å². The fourth-order valence-electron chi connectivity index (χ4n) is 2.50. The zero-order chi connectivity index (χ0) is 16.2. The summed E-state index contributed by atoms with van der Waals surface area (Å²) in [7, 11) is 0. The van der Waals surface area contributed by atoms with Gasteiger partial charge in [0.2, 0.25) is 0 Å². The van der Waals surface area contributed by atoms with Gasteiger partial charge in [0.15, 0.2) is 0 Å². The number of carbonyl (C=O) groups is 1. The maximum atomic E-state index is 12.4. The lowest BCUT2D eigenvalue weighted by Gasteiger charge is -2.07. The number of nitrogens with zero attached hydrogens (tertiary/aromatic N) is 1. The molecule has 1 N–H and O–H groups in total. The van der Waals surface area contributed by atoms with Crippen LogP contribution in [0.3, 0.4) is 0 Å². The molecule has 4 nitrogen and oxygen atoms in total. The Balaban J connectivity index is 1.75. The highest BCUT2D eigenvalue weighted by molar-refractivity contribution is 5.95. The van der Waals surface area contributed by atoms with Gasteiger partial charge in [-0.25, -0.2) is 0 Å². The van der Waals surface area contributed by atoms with Gasteiger partial charge in [0, 0.05) is 17.7 Å². The fourth-order valence-corrected chi connectivity index (χ4v) is 2.50. The van der Waals surface area contributed by atoms with Crippen molar-refractivity contribution < 1.29 is 9.32 Å². The number of nitrogens with one attached hydrogen (secondary N) is 1. The van der Waals surface area contributed by atoms with Gasteiger partial charge in [0.05, 0.1) is 5.69 Å². The normalized spacial score (nSPS) is 10.5. The van der Waals surface area contributed by atoms with Gasteiger partial charge in [0.25, 0.3) is 5.91 Å². The zero-order valence-electron chi connectivity index (χ0n) is 13.2. The van der Waals surface area contributed by atoms with E-state index in [1.54, 1.807) is 0 Å². The molecule has 0 saturated heterocycles. The summed E-state index contributed by atoms with van der Waals surface area (Å²) in [5.74, 6) is 0.628. The van der Waals surface area contributed by atoms with Gasteiger partial charge >= 0.3 is 0 Å². The van der Waals surface area contributed by atoms with Crippen LogP contribution in [0.1, 0.15) is 27.4 Å². The van der Waals surface area contributed by atoms with E-state index in [2.05, 4.69) is 10.5 Å². The Labute approximate surface area is 135 Å². The van der Waals surface area contributed by atoms with Crippen LogP contribution >= 0.6 is 0 Å². The lowest BCUT2D eigenvalue weighted by molar-refractivity contribution is 0.0951. The van der Waals surface area contributed by atoms with E-state index >= 15 is 0 Å². The Morgan fingerprint density at radius 3 is 2.48 bits per heavy atom. The molecule has 0 aliphatic rings. The third-order valence-electron chi connectivity index (χ3n) is 3.84. The zero-order valence-corrected chi connectivity index (χ0v) is 13.2. The number of carbonyl (C=O) groups excluding carboxylic acids is 1. The van der Waals surface area contributed by atoms with Crippen molar-refractivity contribution in [3.63, 3.8) is 0 Å². The Kier molecular flexibility index (Phi) is 4.24. The highest BCUT2D eigenvalue weighted by Crippen LogP contribution is 2.20. The van der Waals surface area contributed by atoms with E-state index in [9.17, 15) is 4.79 Å². The minimum atomic E-state index is -0.109. The number of hydrogen-bond acceptors (Lipinski definition) is 3. The fraction of sp³-hybridized carbons (Fsp3) is 0.158. The lowest BCUT2D eigenvalue weighted by Crippen LogP contribution is -2.23. The monoisotopic (exact) mass is 306 g/mol. The first kappa shape index (κ1) is 15.0. The minimum Gasteiger partial charge on any atom is -0.361 e. The number of aryl methyl sites for hydroxylation is 2. The molecule has 0 fully saturated rings. The second kappa shape index (κ2) is 6.48. The van der Waals surface area contributed by atoms with Crippen LogP contribution in [0.25, 0.3) is 11.1 Å². The van der Waals surface area contributed by atoms with Gasteiger partial charge in [0.1, 0.15) is 5.76 Å². The average molecular weight is 306 g/mol. The molecule has 0 atom stereocenters. The Bertz CT molecular complexity index is 803. The third-order valence-corrected chi connectivity index (χ3v) is 3.84. The van der Waals surface area contributed by atoms with Crippen molar-refractivity contribution in [1.82, 2.24) is 10.5 Å². The van der Waals surface area contributed by atoms with Crippen LogP contribution < -0.4 is 5.32 Å². The van der Waals surface area contributed by atoms with Crippen molar-refractivity contribution >= 4 is 5.91 Å². The number of rotatable bonds is 4. The standard InChI is InChI=1S/C19H18N2O2/c1-13-18(14(2)23-21-13)12-20-19(22)17-10-6-9-16(11-17)15-7-4-3-5-8-15/h3-11H,12H2,1-2H3,(H,20,22). The van der Waals surface area contributed by atoms with Crippen molar-refractivity contribution in [3.8, 4) is 11.1 Å². The molecule has 3 aromatic rings. The second-order valence-electron chi connectivity index (χ2n) is 5.43. The van der Waals surface area contributed by atoms with Gasteiger partial charge in [-0.1, -0.05) is 47.6 Å². The van der Waals surface area contributed by atoms with Crippen LogP contribution in [0.4, 0.5) is 0 Å². The average Bonchev–Trinajstić information content (AvgIpc) is 2.92. The number of hydrogen-bond donors (Lipinski definition) is 1. The van der Waals surface area contributed by atoms with Crippen molar-refractivity contribution in [2.45, 2.75) is 20.4 Å². The van der Waals surface area contributed by atoms with Crippen LogP contribution in [0.5, 0.6) is 0 Å². The topological polar surface area (TPSA) is 55.1 Å². The Morgan fingerprint density at radius 1 is 1.04 bits per heavy atom. The van der Waals surface area contributed by atoms with E-state index in [1.165, 1.54) is 0 Å². The molecular formula is C19H18N2O2. The lowest BCUT2D eigenvalue weighted by atomic mass is 10.0. The molecule has 0 unspecified atom stereocenters. The number of amides is 1. The molecule has 0 saturated carbocycles. The maximum Gasteiger partial charge on any atom is 0.251 e. The summed E-state index contributed by atoms with van der Waals surface area (Å²) >= 11 is 0. The first-order valence-corrected chi connectivity index (χ1v) is 7.50. The van der Waals surface area contributed by atoms with Gasteiger partial charge in [-0.05, 0) is 37.1 Å². The first-order valence-electron chi connectivity index (χ1n) is 7.50. The summed E-state index contributed by atoms with van der Waals surface area (Å²) in [5.41, 5.74) is 4.49. The number of aromatic nitrogens is 1. The number of benzene rings is 2. The molecule has 3 rings (SSSR count). The van der Waals surface area contributed by atoms with Crippen LogP contribution in [0, 0.1) is 13.8 Å². The predicted octanol–water partition coefficient (Wildman–Crippen LogP) is 3.89. The van der Waals surface area contributed by atoms with Crippen molar-refractivity contribution in [1.29, 1.82) is 0 Å². The van der Waals surface area contributed by atoms with Crippen LogP contribution in [0.15, 0.2) is 59.1 Å². The van der Waals surface area contributed by atoms with E-state index in [4.69, 9.17) is 4.52 Å². The van der Waals surface area contributed by atoms with Gasteiger partial charge in [-0.15, -0.1) is 0 Å². The van der Waals surface area contributed by atoms with Gasteiger partial charge in [-0.2, -0.15) is 0 Å². The summed E-state index contributed by atoms with van der Waals surface area (Å²) in [6.45, 7) is 4.13. The van der Waals surface area contributed by atoms with Crippen LogP contribution in [-0.4, -0.2) is 11.1 Å². The van der Waals surface area contributed by atoms with Crippen LogP contribution in [0.2, 0.25) is 0 Å². The first-order chi connectivity index (χ1) is 11.1. The largest absolute Gasteiger partial charge is 0.361 e. The van der Waals surface area contributed by atoms with Crippen molar-refractivity contribution in [2.24, 2.45) is 0 Å². The smallest absolute Gasteiger partial charge is 0.251 e. The molecule has 1 amide bonds. The molecule has 1 aromatic heterocycles. The molecular weight excluding hydrogens is 288 g/mol.